The molecular formula is C14H14N4O2. The highest BCUT2D eigenvalue weighted by Gasteiger charge is 2.26. The molecule has 0 atom stereocenters. The van der Waals surface area contributed by atoms with Crippen molar-refractivity contribution < 1.29 is 9.32 Å². The molecule has 0 unspecified atom stereocenters. The van der Waals surface area contributed by atoms with Crippen LogP contribution in [0.2, 0.25) is 0 Å². The van der Waals surface area contributed by atoms with Crippen molar-refractivity contribution in [3.8, 4) is 0 Å². The Morgan fingerprint density at radius 1 is 1.40 bits per heavy atom. The summed E-state index contributed by atoms with van der Waals surface area (Å²) in [6, 6.07) is 7.09. The monoisotopic (exact) mass is 270 g/mol. The van der Waals surface area contributed by atoms with Crippen LogP contribution in [-0.4, -0.2) is 11.1 Å². The number of amides is 1. The second-order valence-corrected chi connectivity index (χ2v) is 4.71. The third-order valence-corrected chi connectivity index (χ3v) is 3.11. The zero-order chi connectivity index (χ0) is 14.3. The minimum absolute atomic E-state index is 0.157. The number of allylic oxidation sites excluding steroid dienone is 1. The van der Waals surface area contributed by atoms with Gasteiger partial charge < -0.3 is 20.9 Å². The maximum absolute atomic E-state index is 12.1. The van der Waals surface area contributed by atoms with Crippen LogP contribution in [0.1, 0.15) is 18.2 Å². The maximum Gasteiger partial charge on any atom is 0.258 e. The van der Waals surface area contributed by atoms with E-state index in [0.29, 0.717) is 28.5 Å². The third kappa shape index (κ3) is 2.01. The first-order valence-corrected chi connectivity index (χ1v) is 6.17. The Kier molecular flexibility index (Phi) is 2.71. The van der Waals surface area contributed by atoms with Crippen LogP contribution >= 0.6 is 0 Å². The fraction of sp³-hybridized carbons (Fsp3) is 0.143. The van der Waals surface area contributed by atoms with E-state index in [1.165, 1.54) is 0 Å². The molecule has 1 amide bonds. The van der Waals surface area contributed by atoms with Crippen LogP contribution < -0.4 is 16.4 Å². The van der Waals surface area contributed by atoms with Gasteiger partial charge in [0, 0.05) is 28.7 Å². The zero-order valence-electron chi connectivity index (χ0n) is 11.2. The summed E-state index contributed by atoms with van der Waals surface area (Å²) >= 11 is 0. The molecule has 2 aromatic rings. The molecule has 6 nitrogen and oxygen atoms in total. The van der Waals surface area contributed by atoms with E-state index in [2.05, 4.69) is 15.8 Å². The van der Waals surface area contributed by atoms with Crippen molar-refractivity contribution in [2.24, 2.45) is 0 Å². The van der Waals surface area contributed by atoms with E-state index in [0.717, 1.165) is 11.3 Å². The topological polar surface area (TPSA) is 93.2 Å². The van der Waals surface area contributed by atoms with Crippen molar-refractivity contribution in [3.63, 3.8) is 0 Å². The lowest BCUT2D eigenvalue weighted by molar-refractivity contribution is -0.110. The highest BCUT2D eigenvalue weighted by atomic mass is 16.5. The Hall–Kier alpha value is -2.76. The summed E-state index contributed by atoms with van der Waals surface area (Å²) < 4.78 is 4.99. The Morgan fingerprint density at radius 2 is 2.20 bits per heavy atom. The summed E-state index contributed by atoms with van der Waals surface area (Å²) in [6.07, 6.45) is 0. The predicted molar refractivity (Wildman–Crippen MR) is 76.9 cm³/mol. The Labute approximate surface area is 115 Å². The summed E-state index contributed by atoms with van der Waals surface area (Å²) in [4.78, 5) is 12.1. The minimum Gasteiger partial charge on any atom is -0.399 e. The maximum atomic E-state index is 12.1. The van der Waals surface area contributed by atoms with E-state index < -0.39 is 0 Å². The number of benzene rings is 1. The molecule has 0 aliphatic carbocycles. The summed E-state index contributed by atoms with van der Waals surface area (Å²) in [5.74, 6) is 1.11. The minimum atomic E-state index is -0.157. The van der Waals surface area contributed by atoms with Crippen molar-refractivity contribution in [1.82, 2.24) is 5.16 Å². The van der Waals surface area contributed by atoms with Gasteiger partial charge in [-0.1, -0.05) is 5.16 Å². The number of hydrogen-bond donors (Lipinski definition) is 3. The molecule has 0 fully saturated rings. The number of fused-ring (bicyclic) bond motifs is 1. The van der Waals surface area contributed by atoms with Gasteiger partial charge in [0.15, 0.2) is 5.82 Å². The van der Waals surface area contributed by atoms with Gasteiger partial charge in [-0.3, -0.25) is 4.79 Å². The molecule has 3 rings (SSSR count). The molecule has 0 radical (unpaired) electrons. The molecule has 0 bridgehead atoms. The number of aryl methyl sites for hydroxylation is 1. The van der Waals surface area contributed by atoms with Gasteiger partial charge in [0.25, 0.3) is 5.91 Å². The molecule has 20 heavy (non-hydrogen) atoms. The first-order valence-electron chi connectivity index (χ1n) is 6.17. The SMILES string of the molecule is CC(Nc1cc(C)on1)=C1C(=O)Nc2ccc(N)cc21. The van der Waals surface area contributed by atoms with Gasteiger partial charge in [-0.05, 0) is 32.0 Å². The van der Waals surface area contributed by atoms with Crippen LogP contribution in [0.5, 0.6) is 0 Å². The van der Waals surface area contributed by atoms with Gasteiger partial charge in [0.05, 0.1) is 5.57 Å². The Bertz CT molecular complexity index is 731. The van der Waals surface area contributed by atoms with Crippen molar-refractivity contribution in [2.45, 2.75) is 13.8 Å². The van der Waals surface area contributed by atoms with E-state index in [4.69, 9.17) is 10.3 Å². The first-order chi connectivity index (χ1) is 9.54. The van der Waals surface area contributed by atoms with Crippen LogP contribution in [0.15, 0.2) is 34.5 Å². The van der Waals surface area contributed by atoms with Crippen LogP contribution in [0.25, 0.3) is 5.57 Å². The van der Waals surface area contributed by atoms with Crippen molar-refractivity contribution in [1.29, 1.82) is 0 Å². The molecular weight excluding hydrogens is 256 g/mol. The number of nitrogens with zero attached hydrogens (tertiary/aromatic N) is 1. The van der Waals surface area contributed by atoms with Gasteiger partial charge in [0.2, 0.25) is 0 Å². The van der Waals surface area contributed by atoms with E-state index in [9.17, 15) is 4.79 Å². The quantitative estimate of drug-likeness (QED) is 0.575. The van der Waals surface area contributed by atoms with Gasteiger partial charge in [0.1, 0.15) is 5.76 Å². The molecule has 102 valence electrons. The van der Waals surface area contributed by atoms with Crippen molar-refractivity contribution >= 4 is 28.7 Å². The highest BCUT2D eigenvalue weighted by Crippen LogP contribution is 2.35. The average Bonchev–Trinajstić information content (AvgIpc) is 2.91. The first kappa shape index (κ1) is 12.3. The van der Waals surface area contributed by atoms with Gasteiger partial charge in [-0.15, -0.1) is 0 Å². The molecule has 2 heterocycles. The standard InChI is InChI=1S/C14H14N4O2/c1-7-5-12(18-20-7)16-8(2)13-10-6-9(15)3-4-11(10)17-14(13)19/h3-6H,15H2,1-2H3,(H,16,18)(H,17,19). The molecule has 0 saturated heterocycles. The molecule has 0 spiro atoms. The lowest BCUT2D eigenvalue weighted by Crippen LogP contribution is -2.08. The van der Waals surface area contributed by atoms with Gasteiger partial charge in [-0.2, -0.15) is 0 Å². The normalized spacial score (nSPS) is 15.8. The number of anilines is 3. The number of carbonyl (C=O) groups excluding carboxylic acids is 1. The highest BCUT2D eigenvalue weighted by molar-refractivity contribution is 6.32. The van der Waals surface area contributed by atoms with Crippen molar-refractivity contribution in [2.75, 3.05) is 16.4 Å². The summed E-state index contributed by atoms with van der Waals surface area (Å²) in [5, 5.41) is 9.73. The van der Waals surface area contributed by atoms with Crippen LogP contribution in [0.3, 0.4) is 0 Å². The second kappa shape index (κ2) is 4.41. The van der Waals surface area contributed by atoms with E-state index >= 15 is 0 Å². The molecule has 6 heteroatoms. The molecule has 1 aromatic heterocycles. The molecule has 0 saturated carbocycles. The van der Waals surface area contributed by atoms with Crippen molar-refractivity contribution in [3.05, 3.63) is 41.3 Å². The smallest absolute Gasteiger partial charge is 0.258 e. The molecule has 4 N–H and O–H groups in total. The number of nitrogens with two attached hydrogens (primary N) is 1. The van der Waals surface area contributed by atoms with Crippen LogP contribution in [-0.2, 0) is 4.79 Å². The average molecular weight is 270 g/mol. The number of carbonyl (C=O) groups is 1. The number of nitrogens with one attached hydrogen (secondary N) is 2. The summed E-state index contributed by atoms with van der Waals surface area (Å²) in [7, 11) is 0. The van der Waals surface area contributed by atoms with E-state index in [-0.39, 0.29) is 5.91 Å². The van der Waals surface area contributed by atoms with Gasteiger partial charge in [-0.25, -0.2) is 0 Å². The fourth-order valence-corrected chi connectivity index (χ4v) is 2.24. The van der Waals surface area contributed by atoms with E-state index in [1.54, 1.807) is 31.2 Å². The van der Waals surface area contributed by atoms with Crippen LogP contribution in [0, 0.1) is 6.92 Å². The molecule has 1 aliphatic heterocycles. The number of nitrogen functional groups attached to an aromatic ring is 1. The Morgan fingerprint density at radius 3 is 2.90 bits per heavy atom. The fourth-order valence-electron chi connectivity index (χ4n) is 2.24. The third-order valence-electron chi connectivity index (χ3n) is 3.11. The lowest BCUT2D eigenvalue weighted by Gasteiger charge is -2.06. The second-order valence-electron chi connectivity index (χ2n) is 4.71. The number of rotatable bonds is 2. The number of hydrogen-bond acceptors (Lipinski definition) is 5. The molecule has 1 aromatic carbocycles. The molecule has 1 aliphatic rings. The Balaban J connectivity index is 2.02. The lowest BCUT2D eigenvalue weighted by atomic mass is 10.0. The largest absolute Gasteiger partial charge is 0.399 e. The van der Waals surface area contributed by atoms with E-state index in [1.807, 2.05) is 6.92 Å². The summed E-state index contributed by atoms with van der Waals surface area (Å²) in [6.45, 7) is 3.62. The number of aromatic nitrogens is 1. The zero-order valence-corrected chi connectivity index (χ0v) is 11.2. The van der Waals surface area contributed by atoms with Gasteiger partial charge >= 0.3 is 0 Å². The summed E-state index contributed by atoms with van der Waals surface area (Å²) in [5.41, 5.74) is 9.21. The van der Waals surface area contributed by atoms with Crippen LogP contribution in [0.4, 0.5) is 17.2 Å². The predicted octanol–water partition coefficient (Wildman–Crippen LogP) is 2.36.